The molecule has 0 unspecified atom stereocenters. The minimum Gasteiger partial charge on any atom is -0.291 e. The highest BCUT2D eigenvalue weighted by atomic mass is 35.5. The second kappa shape index (κ2) is 5.66. The Balaban J connectivity index is 2.06. The number of nitrogens with one attached hydrogen (secondary N) is 2. The first-order chi connectivity index (χ1) is 8.66. The van der Waals surface area contributed by atoms with Crippen LogP contribution in [0.4, 0.5) is 5.95 Å². The van der Waals surface area contributed by atoms with Crippen molar-refractivity contribution in [2.75, 3.05) is 5.32 Å². The molecule has 2 aromatic rings. The van der Waals surface area contributed by atoms with Crippen LogP contribution in [0.15, 0.2) is 30.6 Å². The molecule has 92 valence electrons. The minimum atomic E-state index is -0.345. The number of aromatic nitrogens is 3. The van der Waals surface area contributed by atoms with Gasteiger partial charge in [-0.15, -0.1) is 0 Å². The Morgan fingerprint density at radius 3 is 2.94 bits per heavy atom. The van der Waals surface area contributed by atoms with Crippen molar-refractivity contribution in [3.05, 3.63) is 46.2 Å². The fourth-order valence-electron chi connectivity index (χ4n) is 1.24. The predicted octanol–water partition coefficient (Wildman–Crippen LogP) is 2.76. The van der Waals surface area contributed by atoms with Crippen LogP contribution in [0.25, 0.3) is 6.08 Å². The number of hydrogen-bond acceptors (Lipinski definition) is 3. The van der Waals surface area contributed by atoms with E-state index in [-0.39, 0.29) is 11.9 Å². The molecule has 0 spiro atoms. The van der Waals surface area contributed by atoms with Crippen LogP contribution in [0.3, 0.4) is 0 Å². The molecule has 1 aromatic heterocycles. The maximum Gasteiger partial charge on any atom is 0.250 e. The SMILES string of the molecule is O=C(C=Cc1cccc(Cl)c1Cl)Nc1ncn[nH]1. The van der Waals surface area contributed by atoms with Gasteiger partial charge >= 0.3 is 0 Å². The molecule has 0 bridgehead atoms. The average molecular weight is 283 g/mol. The predicted molar refractivity (Wildman–Crippen MR) is 70.5 cm³/mol. The van der Waals surface area contributed by atoms with Gasteiger partial charge in [0.1, 0.15) is 6.33 Å². The summed E-state index contributed by atoms with van der Waals surface area (Å²) < 4.78 is 0. The number of benzene rings is 1. The number of halogens is 2. The van der Waals surface area contributed by atoms with Gasteiger partial charge in [-0.1, -0.05) is 35.3 Å². The molecule has 0 fully saturated rings. The zero-order valence-electron chi connectivity index (χ0n) is 9.02. The monoisotopic (exact) mass is 282 g/mol. The third-order valence-corrected chi connectivity index (χ3v) is 2.89. The molecule has 2 rings (SSSR count). The molecule has 0 radical (unpaired) electrons. The molecule has 5 nitrogen and oxygen atoms in total. The van der Waals surface area contributed by atoms with Crippen LogP contribution in [0.1, 0.15) is 5.56 Å². The molecule has 0 aliphatic carbocycles. The van der Waals surface area contributed by atoms with Crippen molar-refractivity contribution in [3.8, 4) is 0 Å². The van der Waals surface area contributed by atoms with Gasteiger partial charge in [-0.3, -0.25) is 10.1 Å². The average Bonchev–Trinajstić information content (AvgIpc) is 2.84. The topological polar surface area (TPSA) is 70.7 Å². The van der Waals surface area contributed by atoms with E-state index in [0.29, 0.717) is 15.6 Å². The van der Waals surface area contributed by atoms with Crippen LogP contribution < -0.4 is 5.32 Å². The first-order valence-electron chi connectivity index (χ1n) is 4.95. The van der Waals surface area contributed by atoms with Crippen LogP contribution in [0.2, 0.25) is 10.0 Å². The van der Waals surface area contributed by atoms with Gasteiger partial charge in [0, 0.05) is 6.08 Å². The largest absolute Gasteiger partial charge is 0.291 e. The van der Waals surface area contributed by atoms with E-state index in [4.69, 9.17) is 23.2 Å². The highest BCUT2D eigenvalue weighted by Crippen LogP contribution is 2.26. The molecule has 0 aliphatic rings. The normalized spacial score (nSPS) is 10.8. The summed E-state index contributed by atoms with van der Waals surface area (Å²) in [6.45, 7) is 0. The lowest BCUT2D eigenvalue weighted by molar-refractivity contribution is -0.111. The molecule has 2 N–H and O–H groups in total. The molecule has 0 aliphatic heterocycles. The van der Waals surface area contributed by atoms with Crippen molar-refractivity contribution in [2.45, 2.75) is 0 Å². The number of aromatic amines is 1. The fraction of sp³-hybridized carbons (Fsp3) is 0. The molecule has 0 saturated carbocycles. The molecule has 1 aromatic carbocycles. The molecule has 0 saturated heterocycles. The summed E-state index contributed by atoms with van der Waals surface area (Å²) >= 11 is 11.8. The van der Waals surface area contributed by atoms with Crippen molar-refractivity contribution in [1.82, 2.24) is 15.2 Å². The number of hydrogen-bond donors (Lipinski definition) is 2. The van der Waals surface area contributed by atoms with Crippen molar-refractivity contribution in [3.63, 3.8) is 0 Å². The summed E-state index contributed by atoms with van der Waals surface area (Å²) in [7, 11) is 0. The van der Waals surface area contributed by atoms with E-state index in [1.165, 1.54) is 12.4 Å². The first-order valence-corrected chi connectivity index (χ1v) is 5.71. The number of anilines is 1. The van der Waals surface area contributed by atoms with Crippen molar-refractivity contribution >= 4 is 41.1 Å². The number of H-pyrrole nitrogens is 1. The van der Waals surface area contributed by atoms with E-state index in [9.17, 15) is 4.79 Å². The van der Waals surface area contributed by atoms with Gasteiger partial charge in [-0.05, 0) is 17.7 Å². The van der Waals surface area contributed by atoms with E-state index < -0.39 is 0 Å². The molecule has 1 heterocycles. The molecular formula is C11H8Cl2N4O. The van der Waals surface area contributed by atoms with Crippen LogP contribution in [-0.4, -0.2) is 21.1 Å². The Morgan fingerprint density at radius 2 is 2.22 bits per heavy atom. The van der Waals surface area contributed by atoms with E-state index in [1.807, 2.05) is 0 Å². The van der Waals surface area contributed by atoms with Crippen LogP contribution in [0.5, 0.6) is 0 Å². The zero-order valence-corrected chi connectivity index (χ0v) is 10.5. The number of carbonyl (C=O) groups excluding carboxylic acids is 1. The third kappa shape index (κ3) is 3.09. The van der Waals surface area contributed by atoms with Crippen molar-refractivity contribution in [2.24, 2.45) is 0 Å². The lowest BCUT2D eigenvalue weighted by Crippen LogP contribution is -2.08. The van der Waals surface area contributed by atoms with Gasteiger partial charge in [-0.25, -0.2) is 5.10 Å². The van der Waals surface area contributed by atoms with Gasteiger partial charge in [0.15, 0.2) is 0 Å². The highest BCUT2D eigenvalue weighted by Gasteiger charge is 2.03. The van der Waals surface area contributed by atoms with E-state index in [1.54, 1.807) is 24.3 Å². The Labute approximate surface area is 113 Å². The van der Waals surface area contributed by atoms with Gasteiger partial charge < -0.3 is 0 Å². The Kier molecular flexibility index (Phi) is 3.96. The number of rotatable bonds is 3. The zero-order chi connectivity index (χ0) is 13.0. The standard InChI is InChI=1S/C11H8Cl2N4O/c12-8-3-1-2-7(10(8)13)4-5-9(18)16-11-14-6-15-17-11/h1-6H,(H2,14,15,16,17,18). The van der Waals surface area contributed by atoms with Crippen LogP contribution in [-0.2, 0) is 4.79 Å². The number of carbonyl (C=O) groups is 1. The lowest BCUT2D eigenvalue weighted by Gasteiger charge is -2.00. The maximum atomic E-state index is 11.5. The smallest absolute Gasteiger partial charge is 0.250 e. The summed E-state index contributed by atoms with van der Waals surface area (Å²) in [5.74, 6) is -0.0652. The number of nitrogens with zero attached hydrogens (tertiary/aromatic N) is 2. The first kappa shape index (κ1) is 12.6. The van der Waals surface area contributed by atoms with Gasteiger partial charge in [0.05, 0.1) is 10.0 Å². The minimum absolute atomic E-state index is 0.279. The molecule has 18 heavy (non-hydrogen) atoms. The molecule has 0 atom stereocenters. The van der Waals surface area contributed by atoms with Crippen LogP contribution in [0, 0.1) is 0 Å². The fourth-order valence-corrected chi connectivity index (χ4v) is 1.61. The van der Waals surface area contributed by atoms with Gasteiger partial charge in [0.2, 0.25) is 5.95 Å². The third-order valence-electron chi connectivity index (χ3n) is 2.05. The second-order valence-corrected chi connectivity index (χ2v) is 4.08. The van der Waals surface area contributed by atoms with E-state index >= 15 is 0 Å². The van der Waals surface area contributed by atoms with Crippen LogP contribution >= 0.6 is 23.2 Å². The summed E-state index contributed by atoms with van der Waals surface area (Å²) in [4.78, 5) is 15.3. The van der Waals surface area contributed by atoms with Crippen molar-refractivity contribution in [1.29, 1.82) is 0 Å². The highest BCUT2D eigenvalue weighted by molar-refractivity contribution is 6.42. The Hall–Kier alpha value is -1.85. The number of amides is 1. The van der Waals surface area contributed by atoms with Crippen molar-refractivity contribution < 1.29 is 4.79 Å². The van der Waals surface area contributed by atoms with Gasteiger partial charge in [-0.2, -0.15) is 10.1 Å². The van der Waals surface area contributed by atoms with E-state index in [2.05, 4.69) is 20.5 Å². The summed E-state index contributed by atoms with van der Waals surface area (Å²) in [5, 5.41) is 9.46. The maximum absolute atomic E-state index is 11.5. The Morgan fingerprint density at radius 1 is 1.39 bits per heavy atom. The van der Waals surface area contributed by atoms with Gasteiger partial charge in [0.25, 0.3) is 5.91 Å². The molecule has 7 heteroatoms. The summed E-state index contributed by atoms with van der Waals surface area (Å²) in [6.07, 6.45) is 4.20. The quantitative estimate of drug-likeness (QED) is 0.851. The summed E-state index contributed by atoms with van der Waals surface area (Å²) in [5.41, 5.74) is 0.664. The lowest BCUT2D eigenvalue weighted by atomic mass is 10.2. The molecular weight excluding hydrogens is 275 g/mol. The molecule has 1 amide bonds. The van der Waals surface area contributed by atoms with E-state index in [0.717, 1.165) is 0 Å². The Bertz CT molecular complexity index is 581. The summed E-state index contributed by atoms with van der Waals surface area (Å²) in [6, 6.07) is 5.19. The second-order valence-electron chi connectivity index (χ2n) is 3.30.